The maximum absolute atomic E-state index is 11.9. The molecule has 0 aromatic heterocycles. The van der Waals surface area contributed by atoms with Crippen LogP contribution in [0.15, 0.2) is 12.7 Å². The summed E-state index contributed by atoms with van der Waals surface area (Å²) in [5, 5.41) is 2.69. The lowest BCUT2D eigenvalue weighted by Gasteiger charge is -2.21. The van der Waals surface area contributed by atoms with Gasteiger partial charge in [-0.1, -0.05) is 12.7 Å². The van der Waals surface area contributed by atoms with Gasteiger partial charge in [0.05, 0.1) is 0 Å². The van der Waals surface area contributed by atoms with E-state index in [1.54, 1.807) is 11.9 Å². The average Bonchev–Trinajstić information content (AvgIpc) is 2.80. The molecule has 5 nitrogen and oxygen atoms in total. The standard InChI is InChI=1S/C11H18N2O3/c1-3-8-16-11(15)9(12-2)10(14)13-6-4-5-7-13/h3,9,12H,1,4-8H2,2H3. The summed E-state index contributed by atoms with van der Waals surface area (Å²) in [7, 11) is 1.58. The monoisotopic (exact) mass is 226 g/mol. The van der Waals surface area contributed by atoms with Crippen LogP contribution in [0.1, 0.15) is 12.8 Å². The Balaban J connectivity index is 2.54. The molecule has 1 rings (SSSR count). The SMILES string of the molecule is C=CCOC(=O)C(NC)C(=O)N1CCCC1. The first-order valence-corrected chi connectivity index (χ1v) is 5.44. The maximum Gasteiger partial charge on any atom is 0.333 e. The summed E-state index contributed by atoms with van der Waals surface area (Å²) in [5.41, 5.74) is 0. The number of nitrogens with one attached hydrogen (secondary N) is 1. The third-order valence-electron chi connectivity index (χ3n) is 2.53. The van der Waals surface area contributed by atoms with Gasteiger partial charge in [-0.2, -0.15) is 0 Å². The molecule has 1 N–H and O–H groups in total. The van der Waals surface area contributed by atoms with Crippen LogP contribution in [0.4, 0.5) is 0 Å². The van der Waals surface area contributed by atoms with E-state index in [0.717, 1.165) is 25.9 Å². The summed E-state index contributed by atoms with van der Waals surface area (Å²) in [4.78, 5) is 25.2. The van der Waals surface area contributed by atoms with Crippen LogP contribution in [0.3, 0.4) is 0 Å². The smallest absolute Gasteiger partial charge is 0.333 e. The molecule has 0 aromatic rings. The first-order chi connectivity index (χ1) is 7.70. The summed E-state index contributed by atoms with van der Waals surface area (Å²) in [6, 6.07) is -0.891. The molecule has 0 saturated carbocycles. The Labute approximate surface area is 95.4 Å². The van der Waals surface area contributed by atoms with Crippen molar-refractivity contribution in [1.82, 2.24) is 10.2 Å². The molecule has 0 aliphatic carbocycles. The average molecular weight is 226 g/mol. The third kappa shape index (κ3) is 3.06. The van der Waals surface area contributed by atoms with E-state index in [4.69, 9.17) is 4.74 Å². The van der Waals surface area contributed by atoms with Gasteiger partial charge in [0.1, 0.15) is 6.61 Å². The lowest BCUT2D eigenvalue weighted by atomic mass is 10.2. The normalized spacial score (nSPS) is 16.9. The number of likely N-dealkylation sites (tertiary alicyclic amines) is 1. The quantitative estimate of drug-likeness (QED) is 0.405. The number of hydrogen-bond acceptors (Lipinski definition) is 4. The van der Waals surface area contributed by atoms with Gasteiger partial charge in [-0.05, 0) is 19.9 Å². The number of rotatable bonds is 5. The van der Waals surface area contributed by atoms with Crippen LogP contribution in [-0.4, -0.2) is 49.6 Å². The molecule has 1 aliphatic heterocycles. The zero-order valence-corrected chi connectivity index (χ0v) is 9.57. The van der Waals surface area contributed by atoms with Crippen molar-refractivity contribution in [3.63, 3.8) is 0 Å². The Morgan fingerprint density at radius 1 is 1.50 bits per heavy atom. The number of nitrogens with zero attached hydrogens (tertiary/aromatic N) is 1. The van der Waals surface area contributed by atoms with Crippen LogP contribution >= 0.6 is 0 Å². The van der Waals surface area contributed by atoms with Gasteiger partial charge < -0.3 is 9.64 Å². The molecule has 1 saturated heterocycles. The molecule has 1 unspecified atom stereocenters. The van der Waals surface area contributed by atoms with Crippen molar-refractivity contribution in [2.45, 2.75) is 18.9 Å². The van der Waals surface area contributed by atoms with Crippen LogP contribution in [0, 0.1) is 0 Å². The molecule has 1 aliphatic rings. The zero-order chi connectivity index (χ0) is 12.0. The van der Waals surface area contributed by atoms with E-state index in [-0.39, 0.29) is 12.5 Å². The minimum atomic E-state index is -0.891. The third-order valence-corrected chi connectivity index (χ3v) is 2.53. The lowest BCUT2D eigenvalue weighted by Crippen LogP contribution is -2.49. The number of hydrogen-bond donors (Lipinski definition) is 1. The minimum absolute atomic E-state index is 0.129. The minimum Gasteiger partial charge on any atom is -0.460 e. The fraction of sp³-hybridized carbons (Fsp3) is 0.636. The molecule has 0 aromatic carbocycles. The van der Waals surface area contributed by atoms with E-state index in [9.17, 15) is 9.59 Å². The van der Waals surface area contributed by atoms with Gasteiger partial charge in [-0.15, -0.1) is 0 Å². The fourth-order valence-electron chi connectivity index (χ4n) is 1.69. The van der Waals surface area contributed by atoms with Gasteiger partial charge in [0, 0.05) is 13.1 Å². The number of carbonyl (C=O) groups excluding carboxylic acids is 2. The molecule has 0 bridgehead atoms. The molecule has 0 radical (unpaired) electrons. The molecule has 16 heavy (non-hydrogen) atoms. The van der Waals surface area contributed by atoms with Crippen LogP contribution in [0.5, 0.6) is 0 Å². The molecule has 5 heteroatoms. The van der Waals surface area contributed by atoms with Gasteiger partial charge in [-0.3, -0.25) is 10.1 Å². The molecule has 1 heterocycles. The topological polar surface area (TPSA) is 58.6 Å². The first-order valence-electron chi connectivity index (χ1n) is 5.44. The largest absolute Gasteiger partial charge is 0.460 e. The van der Waals surface area contributed by atoms with Crippen LogP contribution in [0.2, 0.25) is 0 Å². The number of carbonyl (C=O) groups is 2. The van der Waals surface area contributed by atoms with E-state index in [2.05, 4.69) is 11.9 Å². The van der Waals surface area contributed by atoms with Gasteiger partial charge in [0.25, 0.3) is 5.91 Å². The van der Waals surface area contributed by atoms with Crippen LogP contribution in [-0.2, 0) is 14.3 Å². The molecular weight excluding hydrogens is 208 g/mol. The number of likely N-dealkylation sites (N-methyl/N-ethyl adjacent to an activating group) is 1. The van der Waals surface area contributed by atoms with Crippen molar-refractivity contribution in [2.75, 3.05) is 26.7 Å². The van der Waals surface area contributed by atoms with Gasteiger partial charge in [0.15, 0.2) is 6.04 Å². The van der Waals surface area contributed by atoms with Crippen molar-refractivity contribution in [3.05, 3.63) is 12.7 Å². The van der Waals surface area contributed by atoms with Crippen molar-refractivity contribution >= 4 is 11.9 Å². The van der Waals surface area contributed by atoms with E-state index < -0.39 is 12.0 Å². The first kappa shape index (κ1) is 12.7. The van der Waals surface area contributed by atoms with Crippen molar-refractivity contribution < 1.29 is 14.3 Å². The second-order valence-corrected chi connectivity index (χ2v) is 3.67. The Morgan fingerprint density at radius 2 is 2.12 bits per heavy atom. The summed E-state index contributed by atoms with van der Waals surface area (Å²) in [5.74, 6) is -0.742. The lowest BCUT2D eigenvalue weighted by molar-refractivity contribution is -0.151. The molecule has 1 fully saturated rings. The van der Waals surface area contributed by atoms with Crippen LogP contribution in [0.25, 0.3) is 0 Å². The highest BCUT2D eigenvalue weighted by atomic mass is 16.5. The van der Waals surface area contributed by atoms with Crippen LogP contribution < -0.4 is 5.32 Å². The molecule has 90 valence electrons. The Morgan fingerprint density at radius 3 is 2.62 bits per heavy atom. The Bertz CT molecular complexity index is 272. The molecular formula is C11H18N2O3. The summed E-state index contributed by atoms with van der Waals surface area (Å²) >= 11 is 0. The predicted octanol–water partition coefficient (Wildman–Crippen LogP) is -0.0740. The highest BCUT2D eigenvalue weighted by Crippen LogP contribution is 2.09. The van der Waals surface area contributed by atoms with Gasteiger partial charge >= 0.3 is 5.97 Å². The van der Waals surface area contributed by atoms with E-state index in [1.165, 1.54) is 6.08 Å². The number of ether oxygens (including phenoxy) is 1. The zero-order valence-electron chi connectivity index (χ0n) is 9.57. The second kappa shape index (κ2) is 6.27. The highest BCUT2D eigenvalue weighted by molar-refractivity contribution is 6.02. The van der Waals surface area contributed by atoms with Crippen molar-refractivity contribution in [2.24, 2.45) is 0 Å². The van der Waals surface area contributed by atoms with E-state index in [0.29, 0.717) is 0 Å². The number of esters is 1. The Kier molecular flexibility index (Phi) is 4.98. The summed E-state index contributed by atoms with van der Waals surface area (Å²) in [6.45, 7) is 5.03. The summed E-state index contributed by atoms with van der Waals surface area (Å²) < 4.78 is 4.86. The fourth-order valence-corrected chi connectivity index (χ4v) is 1.69. The second-order valence-electron chi connectivity index (χ2n) is 3.67. The molecule has 1 atom stereocenters. The van der Waals surface area contributed by atoms with Crippen molar-refractivity contribution in [1.29, 1.82) is 0 Å². The number of amides is 1. The molecule has 0 spiro atoms. The van der Waals surface area contributed by atoms with Crippen molar-refractivity contribution in [3.8, 4) is 0 Å². The van der Waals surface area contributed by atoms with E-state index >= 15 is 0 Å². The predicted molar refractivity (Wildman–Crippen MR) is 59.8 cm³/mol. The highest BCUT2D eigenvalue weighted by Gasteiger charge is 2.31. The summed E-state index contributed by atoms with van der Waals surface area (Å²) in [6.07, 6.45) is 3.48. The van der Waals surface area contributed by atoms with E-state index in [1.807, 2.05) is 0 Å². The van der Waals surface area contributed by atoms with Gasteiger partial charge in [0.2, 0.25) is 0 Å². The molecule has 1 amide bonds. The van der Waals surface area contributed by atoms with Gasteiger partial charge in [-0.25, -0.2) is 4.79 Å². The maximum atomic E-state index is 11.9. The Hall–Kier alpha value is -1.36.